The molecule has 0 amide bonds. The number of halogens is 3. The van der Waals surface area contributed by atoms with Crippen LogP contribution in [0.4, 0.5) is 13.2 Å². The Morgan fingerprint density at radius 3 is 2.32 bits per heavy atom. The van der Waals surface area contributed by atoms with E-state index in [0.717, 1.165) is 36.6 Å². The second-order valence-corrected chi connectivity index (χ2v) is 6.13. The third-order valence-electron chi connectivity index (χ3n) is 4.04. The molecule has 0 aliphatic heterocycles. The molecule has 0 atom stereocenters. The van der Waals surface area contributed by atoms with Gasteiger partial charge >= 0.3 is 6.18 Å². The number of allylic oxidation sites excluding steroid dienone is 1. The third-order valence-corrected chi connectivity index (χ3v) is 4.04. The number of alkyl halides is 3. The summed E-state index contributed by atoms with van der Waals surface area (Å²) in [7, 11) is 0. The summed E-state index contributed by atoms with van der Waals surface area (Å²) in [4.78, 5) is 10.5. The molecule has 6 heteroatoms. The van der Waals surface area contributed by atoms with Crippen LogP contribution >= 0.6 is 0 Å². The van der Waals surface area contributed by atoms with Crippen molar-refractivity contribution in [3.05, 3.63) is 59.7 Å². The van der Waals surface area contributed by atoms with Crippen LogP contribution in [0.3, 0.4) is 0 Å². The summed E-state index contributed by atoms with van der Waals surface area (Å²) >= 11 is 0. The van der Waals surface area contributed by atoms with Crippen molar-refractivity contribution in [3.63, 3.8) is 0 Å². The summed E-state index contributed by atoms with van der Waals surface area (Å²) in [6.07, 6.45) is 0.275. The molecule has 0 aliphatic carbocycles. The lowest BCUT2D eigenvalue weighted by Gasteiger charge is -2.13. The van der Waals surface area contributed by atoms with Crippen LogP contribution in [0.2, 0.25) is 0 Å². The van der Waals surface area contributed by atoms with Crippen molar-refractivity contribution in [1.29, 1.82) is 0 Å². The van der Waals surface area contributed by atoms with Gasteiger partial charge in [0.15, 0.2) is 0 Å². The minimum Gasteiger partial charge on any atom is -0.491 e. The van der Waals surface area contributed by atoms with Crippen molar-refractivity contribution in [1.82, 2.24) is 0 Å². The molecule has 0 fully saturated rings. The average molecular weight is 392 g/mol. The van der Waals surface area contributed by atoms with E-state index < -0.39 is 11.7 Å². The summed E-state index contributed by atoms with van der Waals surface area (Å²) in [6, 6.07) is 10.9. The van der Waals surface area contributed by atoms with Gasteiger partial charge in [-0.3, -0.25) is 4.79 Å². The molecule has 0 bridgehead atoms. The van der Waals surface area contributed by atoms with E-state index in [9.17, 15) is 18.0 Å². The predicted molar refractivity (Wildman–Crippen MR) is 103 cm³/mol. The highest BCUT2D eigenvalue weighted by atomic mass is 19.4. The fourth-order valence-corrected chi connectivity index (χ4v) is 2.59. The van der Waals surface area contributed by atoms with Gasteiger partial charge in [-0.1, -0.05) is 37.6 Å². The number of rotatable bonds is 10. The summed E-state index contributed by atoms with van der Waals surface area (Å²) in [6.45, 7) is 3.75. The number of ether oxygens (including phenoxy) is 2. The fraction of sp³-hybridized carbons (Fsp3) is 0.318. The molecule has 0 radical (unpaired) electrons. The standard InChI is InChI=1S/C22H23F3O3/c1-2-3-13-27-14-15-28-20-9-6-17(7-10-20)18-8-11-21(22(23,24)25)19(16-18)5-4-12-26/h4-12,16H,2-3,13-15H2,1H3/b5-4+. The van der Waals surface area contributed by atoms with Gasteiger partial charge in [0.1, 0.15) is 18.6 Å². The summed E-state index contributed by atoms with van der Waals surface area (Å²) < 4.78 is 50.4. The number of carbonyl (C=O) groups is 1. The van der Waals surface area contributed by atoms with E-state index in [4.69, 9.17) is 9.47 Å². The number of unbranched alkanes of at least 4 members (excludes halogenated alkanes) is 1. The van der Waals surface area contributed by atoms with E-state index in [1.165, 1.54) is 12.1 Å². The first-order valence-corrected chi connectivity index (χ1v) is 9.09. The largest absolute Gasteiger partial charge is 0.491 e. The molecule has 2 aromatic rings. The van der Waals surface area contributed by atoms with Crippen LogP contribution in [0.25, 0.3) is 17.2 Å². The lowest BCUT2D eigenvalue weighted by molar-refractivity contribution is -0.137. The zero-order valence-electron chi connectivity index (χ0n) is 15.7. The smallest absolute Gasteiger partial charge is 0.416 e. The molecule has 0 saturated carbocycles. The second-order valence-electron chi connectivity index (χ2n) is 6.13. The molecule has 150 valence electrons. The first-order chi connectivity index (χ1) is 13.5. The molecule has 0 heterocycles. The maximum atomic E-state index is 13.1. The van der Waals surface area contributed by atoms with Gasteiger partial charge in [0, 0.05) is 6.61 Å². The molecule has 0 unspecified atom stereocenters. The summed E-state index contributed by atoms with van der Waals surface area (Å²) in [5, 5.41) is 0. The Morgan fingerprint density at radius 1 is 0.964 bits per heavy atom. The van der Waals surface area contributed by atoms with Gasteiger partial charge in [0.2, 0.25) is 0 Å². The van der Waals surface area contributed by atoms with E-state index in [2.05, 4.69) is 6.92 Å². The molecule has 3 nitrogen and oxygen atoms in total. The van der Waals surface area contributed by atoms with Crippen molar-refractivity contribution < 1.29 is 27.4 Å². The molecule has 28 heavy (non-hydrogen) atoms. The number of aldehydes is 1. The van der Waals surface area contributed by atoms with Gasteiger partial charge in [-0.05, 0) is 53.5 Å². The topological polar surface area (TPSA) is 35.5 Å². The predicted octanol–water partition coefficient (Wildman–Crippen LogP) is 5.78. The maximum Gasteiger partial charge on any atom is 0.416 e. The van der Waals surface area contributed by atoms with Crippen LogP contribution < -0.4 is 4.74 Å². The Labute approximate surface area is 162 Å². The SMILES string of the molecule is CCCCOCCOc1ccc(-c2ccc(C(F)(F)F)c(/C=C/C=O)c2)cc1. The van der Waals surface area contributed by atoms with Gasteiger partial charge < -0.3 is 9.47 Å². The zero-order valence-corrected chi connectivity index (χ0v) is 15.7. The van der Waals surface area contributed by atoms with Gasteiger partial charge in [0.05, 0.1) is 12.2 Å². The van der Waals surface area contributed by atoms with E-state index >= 15 is 0 Å². The van der Waals surface area contributed by atoms with Crippen molar-refractivity contribution >= 4 is 12.4 Å². The highest BCUT2D eigenvalue weighted by Crippen LogP contribution is 2.35. The van der Waals surface area contributed by atoms with Gasteiger partial charge in [-0.2, -0.15) is 13.2 Å². The van der Waals surface area contributed by atoms with Crippen LogP contribution in [-0.4, -0.2) is 26.1 Å². The second kappa shape index (κ2) is 10.7. The Balaban J connectivity index is 2.08. The van der Waals surface area contributed by atoms with Gasteiger partial charge in [-0.15, -0.1) is 0 Å². The molecule has 0 N–H and O–H groups in total. The third kappa shape index (κ3) is 6.53. The first-order valence-electron chi connectivity index (χ1n) is 9.09. The minimum atomic E-state index is -4.49. The van der Waals surface area contributed by atoms with Crippen molar-refractivity contribution in [2.45, 2.75) is 25.9 Å². The lowest BCUT2D eigenvalue weighted by Crippen LogP contribution is -2.07. The molecule has 0 spiro atoms. The van der Waals surface area contributed by atoms with Gasteiger partial charge in [-0.25, -0.2) is 0 Å². The highest BCUT2D eigenvalue weighted by molar-refractivity contribution is 5.77. The zero-order chi connectivity index (χ0) is 20.4. The minimum absolute atomic E-state index is 0.0540. The van der Waals surface area contributed by atoms with Crippen LogP contribution in [0.5, 0.6) is 5.75 Å². The van der Waals surface area contributed by atoms with E-state index in [1.54, 1.807) is 24.3 Å². The lowest BCUT2D eigenvalue weighted by atomic mass is 9.98. The number of carbonyl (C=O) groups excluding carboxylic acids is 1. The number of hydrogen-bond acceptors (Lipinski definition) is 3. The Kier molecular flexibility index (Phi) is 8.26. The molecule has 0 aliphatic rings. The fourth-order valence-electron chi connectivity index (χ4n) is 2.59. The highest BCUT2D eigenvalue weighted by Gasteiger charge is 2.32. The molecular formula is C22H23F3O3. The van der Waals surface area contributed by atoms with E-state index in [0.29, 0.717) is 37.4 Å². The van der Waals surface area contributed by atoms with E-state index in [1.807, 2.05) is 0 Å². The van der Waals surface area contributed by atoms with Crippen molar-refractivity contribution in [2.75, 3.05) is 19.8 Å². The van der Waals surface area contributed by atoms with Crippen LogP contribution in [0, 0.1) is 0 Å². The van der Waals surface area contributed by atoms with Crippen LogP contribution in [0.15, 0.2) is 48.5 Å². The Hall–Kier alpha value is -2.60. The van der Waals surface area contributed by atoms with Crippen LogP contribution in [-0.2, 0) is 15.7 Å². The molecule has 0 saturated heterocycles. The Bertz CT molecular complexity index is 781. The molecule has 0 aromatic heterocycles. The first kappa shape index (κ1) is 21.7. The normalized spacial score (nSPS) is 11.7. The molecular weight excluding hydrogens is 369 g/mol. The van der Waals surface area contributed by atoms with Crippen molar-refractivity contribution in [3.8, 4) is 16.9 Å². The maximum absolute atomic E-state index is 13.1. The summed E-state index contributed by atoms with van der Waals surface area (Å²) in [5.41, 5.74) is 0.535. The number of benzene rings is 2. The molecule has 2 aromatic carbocycles. The van der Waals surface area contributed by atoms with Crippen LogP contribution in [0.1, 0.15) is 30.9 Å². The van der Waals surface area contributed by atoms with Crippen molar-refractivity contribution in [2.24, 2.45) is 0 Å². The van der Waals surface area contributed by atoms with Gasteiger partial charge in [0.25, 0.3) is 0 Å². The monoisotopic (exact) mass is 392 g/mol. The molecule has 2 rings (SSSR count). The Morgan fingerprint density at radius 2 is 1.68 bits per heavy atom. The summed E-state index contributed by atoms with van der Waals surface area (Å²) in [5.74, 6) is 0.663. The number of hydrogen-bond donors (Lipinski definition) is 0. The average Bonchev–Trinajstić information content (AvgIpc) is 2.68. The quantitative estimate of drug-likeness (QED) is 0.292. The van der Waals surface area contributed by atoms with E-state index in [-0.39, 0.29) is 5.56 Å².